The van der Waals surface area contributed by atoms with Gasteiger partial charge in [0, 0.05) is 59.3 Å². The number of carboxylic acids is 1. The van der Waals surface area contributed by atoms with Gasteiger partial charge in [-0.1, -0.05) is 30.3 Å². The molecule has 0 fully saturated rings. The highest BCUT2D eigenvalue weighted by Gasteiger charge is 2.24. The van der Waals surface area contributed by atoms with Crippen LogP contribution in [0.5, 0.6) is 5.75 Å². The van der Waals surface area contributed by atoms with Crippen LogP contribution in [-0.2, 0) is 17.9 Å². The Morgan fingerprint density at radius 2 is 1.53 bits per heavy atom. The summed E-state index contributed by atoms with van der Waals surface area (Å²) in [6, 6.07) is 17.6. The van der Waals surface area contributed by atoms with Gasteiger partial charge in [0.1, 0.15) is 11.3 Å². The van der Waals surface area contributed by atoms with Crippen LogP contribution in [-0.4, -0.2) is 28.7 Å². The lowest BCUT2D eigenvalue weighted by atomic mass is 9.88. The minimum atomic E-state index is -1.23. The van der Waals surface area contributed by atoms with Crippen LogP contribution >= 0.6 is 0 Å². The van der Waals surface area contributed by atoms with Gasteiger partial charge < -0.3 is 25.3 Å². The number of hydrogen-bond acceptors (Lipinski definition) is 7. The second kappa shape index (κ2) is 11.6. The van der Waals surface area contributed by atoms with Crippen LogP contribution in [0.2, 0.25) is 0 Å². The van der Waals surface area contributed by atoms with E-state index < -0.39 is 17.6 Å². The summed E-state index contributed by atoms with van der Waals surface area (Å²) in [4.78, 5) is 60.8. The van der Waals surface area contributed by atoms with Gasteiger partial charge in [0.25, 0.3) is 5.91 Å². The number of benzene rings is 4. The monoisotopic (exact) mass is 577 g/mol. The Kier molecular flexibility index (Phi) is 7.76. The zero-order valence-corrected chi connectivity index (χ0v) is 23.1. The molecule has 3 N–H and O–H groups in total. The summed E-state index contributed by atoms with van der Waals surface area (Å²) in [6.45, 7) is 2.86. The summed E-state index contributed by atoms with van der Waals surface area (Å²) in [5.41, 5.74) is 2.07. The van der Waals surface area contributed by atoms with Crippen LogP contribution in [0.25, 0.3) is 33.4 Å². The van der Waals surface area contributed by atoms with Gasteiger partial charge in [-0.3, -0.25) is 19.2 Å². The van der Waals surface area contributed by atoms with Gasteiger partial charge in [-0.15, -0.1) is 5.75 Å². The van der Waals surface area contributed by atoms with Crippen LogP contribution in [0, 0.1) is 0 Å². The van der Waals surface area contributed by atoms with E-state index in [1.807, 2.05) is 0 Å². The minimum absolute atomic E-state index is 0.0659. The summed E-state index contributed by atoms with van der Waals surface area (Å²) in [5, 5.41) is 28.8. The molecule has 3 aromatic rings. The Labute approximate surface area is 244 Å². The van der Waals surface area contributed by atoms with Crippen molar-refractivity contribution in [1.82, 2.24) is 10.6 Å². The molecule has 1 aliphatic carbocycles. The Morgan fingerprint density at radius 1 is 0.814 bits per heavy atom. The first-order chi connectivity index (χ1) is 20.5. The van der Waals surface area contributed by atoms with Gasteiger partial charge in [-0.05, 0) is 54.4 Å². The summed E-state index contributed by atoms with van der Waals surface area (Å²) in [5.74, 6) is -2.49. The highest BCUT2D eigenvalue weighted by atomic mass is 16.4. The number of carboxylic acid groups (broad SMARTS) is 1. The molecular formula is C33H25N2O8-. The molecule has 0 saturated carbocycles. The molecule has 1 heterocycles. The molecule has 1 aliphatic heterocycles. The fourth-order valence-corrected chi connectivity index (χ4v) is 4.86. The summed E-state index contributed by atoms with van der Waals surface area (Å²) >= 11 is 0. The largest absolute Gasteiger partial charge is 0.872 e. The molecule has 0 unspecified atom stereocenters. The highest BCUT2D eigenvalue weighted by molar-refractivity contribution is 6.10. The van der Waals surface area contributed by atoms with Crippen molar-refractivity contribution in [1.29, 1.82) is 0 Å². The van der Waals surface area contributed by atoms with Crippen LogP contribution in [0.3, 0.4) is 0 Å². The molecule has 216 valence electrons. The zero-order chi connectivity index (χ0) is 30.8. The number of amides is 2. The number of aromatic carboxylic acids is 1. The fourth-order valence-electron chi connectivity index (χ4n) is 4.86. The van der Waals surface area contributed by atoms with Gasteiger partial charge in [0.05, 0.1) is 5.56 Å². The van der Waals surface area contributed by atoms with E-state index in [0.717, 1.165) is 5.56 Å². The Bertz CT molecular complexity index is 1960. The van der Waals surface area contributed by atoms with Crippen molar-refractivity contribution in [2.24, 2.45) is 0 Å². The van der Waals surface area contributed by atoms with Crippen molar-refractivity contribution in [3.05, 3.63) is 111 Å². The molecule has 3 aromatic carbocycles. The molecule has 0 atom stereocenters. The Balaban J connectivity index is 1.62. The van der Waals surface area contributed by atoms with Crippen LogP contribution in [0.1, 0.15) is 56.0 Å². The number of carbonyl (C=O) groups is 4. The molecule has 0 saturated heterocycles. The SMILES string of the molecule is CC(=O)NCc1ccc(C(=O)NCc2c([O-])ccc3c(-c4cc(C(C)=O)ccc4C(=O)O)c4ccc(=O)cc-4oc23)cc1. The van der Waals surface area contributed by atoms with E-state index in [4.69, 9.17) is 4.42 Å². The van der Waals surface area contributed by atoms with Crippen molar-refractivity contribution in [3.63, 3.8) is 0 Å². The van der Waals surface area contributed by atoms with E-state index in [1.54, 1.807) is 24.3 Å². The predicted molar refractivity (Wildman–Crippen MR) is 156 cm³/mol. The number of fused-ring (bicyclic) bond motifs is 2. The lowest BCUT2D eigenvalue weighted by molar-refractivity contribution is -0.269. The first kappa shape index (κ1) is 28.7. The molecule has 43 heavy (non-hydrogen) atoms. The quantitative estimate of drug-likeness (QED) is 0.183. The maximum absolute atomic E-state index is 13.1. The van der Waals surface area contributed by atoms with Gasteiger partial charge in [0.15, 0.2) is 11.2 Å². The van der Waals surface area contributed by atoms with Crippen LogP contribution in [0.15, 0.2) is 82.0 Å². The number of ketones is 1. The maximum Gasteiger partial charge on any atom is 0.336 e. The third-order valence-corrected chi connectivity index (χ3v) is 7.03. The van der Waals surface area contributed by atoms with Crippen molar-refractivity contribution < 1.29 is 33.8 Å². The lowest BCUT2D eigenvalue weighted by Crippen LogP contribution is -2.24. The van der Waals surface area contributed by atoms with Gasteiger partial charge >= 0.3 is 5.97 Å². The summed E-state index contributed by atoms with van der Waals surface area (Å²) < 4.78 is 6.08. The summed E-state index contributed by atoms with van der Waals surface area (Å²) in [7, 11) is 0. The first-order valence-electron chi connectivity index (χ1n) is 13.2. The molecule has 0 bridgehead atoms. The number of rotatable bonds is 8. The highest BCUT2D eigenvalue weighted by Crippen LogP contribution is 2.43. The van der Waals surface area contributed by atoms with Crippen molar-refractivity contribution in [3.8, 4) is 28.2 Å². The fraction of sp³-hybridized carbons (Fsp3) is 0.121. The van der Waals surface area contributed by atoms with Crippen molar-refractivity contribution in [2.75, 3.05) is 0 Å². The smallest absolute Gasteiger partial charge is 0.336 e. The lowest BCUT2D eigenvalue weighted by Gasteiger charge is -2.22. The number of carbonyl (C=O) groups excluding carboxylic acids is 3. The van der Waals surface area contributed by atoms with E-state index in [9.17, 15) is 34.2 Å². The molecule has 10 nitrogen and oxygen atoms in total. The van der Waals surface area contributed by atoms with Crippen molar-refractivity contribution in [2.45, 2.75) is 26.9 Å². The average molecular weight is 578 g/mol. The van der Waals surface area contributed by atoms with E-state index >= 15 is 0 Å². The zero-order valence-electron chi connectivity index (χ0n) is 23.1. The molecule has 10 heteroatoms. The van der Waals surface area contributed by atoms with Crippen LogP contribution in [0.4, 0.5) is 0 Å². The molecule has 0 spiro atoms. The second-order valence-electron chi connectivity index (χ2n) is 9.97. The number of hydrogen-bond donors (Lipinski definition) is 3. The molecule has 0 radical (unpaired) electrons. The van der Waals surface area contributed by atoms with Crippen molar-refractivity contribution >= 4 is 34.5 Å². The minimum Gasteiger partial charge on any atom is -0.872 e. The average Bonchev–Trinajstić information content (AvgIpc) is 2.98. The number of nitrogens with one attached hydrogen (secondary N) is 2. The molecule has 0 aromatic heterocycles. The standard InChI is InChI=1S/C33H26N2O8/c1-17(36)21-7-9-23(33(41)42)26(13-21)30-24-10-8-22(38)14-29(24)43-31-25(30)11-12-28(39)27(31)16-35-32(40)20-5-3-19(4-6-20)15-34-18(2)37/h3-14,39H,15-16H2,1-2H3,(H,34,37)(H,35,40)(H,41,42)/p-1. The Morgan fingerprint density at radius 3 is 2.21 bits per heavy atom. The molecular weight excluding hydrogens is 552 g/mol. The topological polar surface area (TPSA) is 166 Å². The van der Waals surface area contributed by atoms with Gasteiger partial charge in [-0.2, -0.15) is 0 Å². The van der Waals surface area contributed by atoms with Crippen LogP contribution < -0.4 is 21.2 Å². The Hall–Kier alpha value is -5.77. The van der Waals surface area contributed by atoms with Gasteiger partial charge in [-0.25, -0.2) is 4.79 Å². The second-order valence-corrected chi connectivity index (χ2v) is 9.97. The number of Topliss-reactive ketones (excluding diaryl/α,β-unsaturated/α-hetero) is 1. The summed E-state index contributed by atoms with van der Waals surface area (Å²) in [6.07, 6.45) is 0. The predicted octanol–water partition coefficient (Wildman–Crippen LogP) is 4.11. The van der Waals surface area contributed by atoms with E-state index in [1.165, 1.54) is 62.4 Å². The molecule has 5 rings (SSSR count). The van der Waals surface area contributed by atoms with Gasteiger partial charge in [0.2, 0.25) is 5.91 Å². The first-order valence-corrected chi connectivity index (χ1v) is 13.2. The van der Waals surface area contributed by atoms with E-state index in [2.05, 4.69) is 10.6 Å². The third kappa shape index (κ3) is 5.84. The maximum atomic E-state index is 13.1. The van der Waals surface area contributed by atoms with E-state index in [0.29, 0.717) is 28.6 Å². The van der Waals surface area contributed by atoms with E-state index in [-0.39, 0.29) is 57.3 Å². The molecule has 2 aliphatic rings. The molecule has 2 amide bonds. The third-order valence-electron chi connectivity index (χ3n) is 7.03. The normalized spacial score (nSPS) is 10.9.